The summed E-state index contributed by atoms with van der Waals surface area (Å²) in [4.78, 5) is 48.8. The number of esters is 1. The lowest BCUT2D eigenvalue weighted by molar-refractivity contribution is -0.310. The van der Waals surface area contributed by atoms with Gasteiger partial charge in [0.05, 0.1) is 63.9 Å². The Morgan fingerprint density at radius 1 is 1.06 bits per heavy atom. The first-order valence-electron chi connectivity index (χ1n) is 17.6. The van der Waals surface area contributed by atoms with Gasteiger partial charge in [0.2, 0.25) is 5.91 Å². The molecule has 54 heavy (non-hydrogen) atoms. The molecule has 1 aliphatic heterocycles. The van der Waals surface area contributed by atoms with Gasteiger partial charge in [-0.15, -0.1) is 5.10 Å². The van der Waals surface area contributed by atoms with E-state index >= 15 is 0 Å². The lowest BCUT2D eigenvalue weighted by atomic mass is 9.88. The van der Waals surface area contributed by atoms with Crippen molar-refractivity contribution in [3.8, 4) is 0 Å². The highest BCUT2D eigenvalue weighted by Crippen LogP contribution is 2.34. The third kappa shape index (κ3) is 15.2. The molecule has 0 bridgehead atoms. The molecule has 1 aromatic carbocycles. The van der Waals surface area contributed by atoms with Crippen molar-refractivity contribution in [1.82, 2.24) is 25.6 Å². The number of aliphatic hydroxyl groups excluding tert-OH is 3. The van der Waals surface area contributed by atoms with Crippen LogP contribution in [0.5, 0.6) is 0 Å². The Morgan fingerprint density at radius 3 is 2.48 bits per heavy atom. The fourth-order valence-electron chi connectivity index (χ4n) is 5.48. The van der Waals surface area contributed by atoms with E-state index in [2.05, 4.69) is 20.9 Å². The second kappa shape index (κ2) is 23.2. The molecule has 1 aliphatic rings. The summed E-state index contributed by atoms with van der Waals surface area (Å²) in [5.41, 5.74) is 6.69. The number of carboxylic acid groups (broad SMARTS) is 1. The summed E-state index contributed by atoms with van der Waals surface area (Å²) in [6.07, 6.45) is -3.50. The molecule has 1 saturated heterocycles. The van der Waals surface area contributed by atoms with Gasteiger partial charge in [-0.25, -0.2) is 4.79 Å². The molecule has 1 fully saturated rings. The second-order valence-electron chi connectivity index (χ2n) is 12.6. The Labute approximate surface area is 317 Å². The third-order valence-corrected chi connectivity index (χ3v) is 8.49. The van der Waals surface area contributed by atoms with Gasteiger partial charge in [0.15, 0.2) is 6.61 Å². The number of rotatable bonds is 25. The number of benzene rings is 1. The van der Waals surface area contributed by atoms with Crippen molar-refractivity contribution < 1.29 is 63.3 Å². The van der Waals surface area contributed by atoms with E-state index in [0.717, 1.165) is 19.8 Å². The smallest absolute Gasteiger partial charge is 0.364 e. The Balaban J connectivity index is 1.54. The number of hydrogen-bond acceptors (Lipinski definition) is 15. The van der Waals surface area contributed by atoms with Crippen LogP contribution in [0.25, 0.3) is 0 Å². The zero-order valence-corrected chi connectivity index (χ0v) is 30.9. The fraction of sp³-hybridized carbons (Fsp3) is 0.647. The molecule has 2 aromatic rings. The van der Waals surface area contributed by atoms with Crippen LogP contribution >= 0.6 is 11.6 Å². The van der Waals surface area contributed by atoms with Crippen molar-refractivity contribution in [2.24, 2.45) is 5.73 Å². The van der Waals surface area contributed by atoms with Crippen LogP contribution in [0.2, 0.25) is 5.02 Å². The summed E-state index contributed by atoms with van der Waals surface area (Å²) in [6, 6.07) is 5.04. The fourth-order valence-corrected chi connectivity index (χ4v) is 5.60. The number of nitrogens with zero attached hydrogens (tertiary/aromatic N) is 3. The molecule has 0 radical (unpaired) electrons. The molecule has 302 valence electrons. The van der Waals surface area contributed by atoms with Gasteiger partial charge in [-0.1, -0.05) is 41.8 Å². The highest BCUT2D eigenvalue weighted by molar-refractivity contribution is 6.30. The van der Waals surface area contributed by atoms with E-state index in [4.69, 9.17) is 41.0 Å². The van der Waals surface area contributed by atoms with Crippen molar-refractivity contribution in [2.45, 2.75) is 94.8 Å². The number of aryl methyl sites for hydroxylation is 1. The average Bonchev–Trinajstić information content (AvgIpc) is 3.59. The number of carboxylic acids is 1. The molecule has 20 heteroatoms. The maximum absolute atomic E-state index is 12.6. The molecule has 0 aliphatic carbocycles. The Hall–Kier alpha value is -3.79. The SMILES string of the molecule is CC(=O)OCC(=O)N[C@H]1[C@H]([C@H](O)[C@H](O)CNC(=O)Cc2ccc(Cl)cc2)O[C@@](OCCCCCCn2cc(COCCOCCN)nn2)(C(=O)O)C[C@@H]1O. The van der Waals surface area contributed by atoms with Gasteiger partial charge in [-0.05, 0) is 30.5 Å². The maximum Gasteiger partial charge on any atom is 0.364 e. The van der Waals surface area contributed by atoms with Crippen molar-refractivity contribution in [2.75, 3.05) is 46.1 Å². The second-order valence-corrected chi connectivity index (χ2v) is 13.1. The van der Waals surface area contributed by atoms with Crippen LogP contribution in [0.15, 0.2) is 30.5 Å². The normalized spacial score (nSPS) is 20.9. The van der Waals surface area contributed by atoms with Crippen molar-refractivity contribution >= 4 is 35.4 Å². The zero-order chi connectivity index (χ0) is 39.5. The zero-order valence-electron chi connectivity index (χ0n) is 30.1. The molecule has 0 spiro atoms. The van der Waals surface area contributed by atoms with Crippen LogP contribution in [0, 0.1) is 0 Å². The van der Waals surface area contributed by atoms with Gasteiger partial charge in [0.25, 0.3) is 11.7 Å². The lowest BCUT2D eigenvalue weighted by Crippen LogP contribution is -2.68. The molecule has 1 aromatic heterocycles. The van der Waals surface area contributed by atoms with Gasteiger partial charge in [-0.2, -0.15) is 0 Å². The molecule has 2 heterocycles. The standard InChI is InChI=1S/C34H51ClN6O13/c1-22(42)52-21-29(46)38-30-26(43)17-34(33(48)49,54-32(30)31(47)27(44)18-37-28(45)16-23-6-8-24(35)9-7-23)53-12-5-3-2-4-11-41-19-25(39-40-41)20-51-15-14-50-13-10-36/h6-9,19,26-27,30-32,43-44,47H,2-5,10-18,20-21,36H2,1H3,(H,37,45)(H,38,46)(H,48,49)/t26-,27+,30+,31+,32+,34+/m0/s1. The summed E-state index contributed by atoms with van der Waals surface area (Å²) >= 11 is 5.88. The minimum absolute atomic E-state index is 0.0622. The number of aliphatic hydroxyl groups is 3. The van der Waals surface area contributed by atoms with Gasteiger partial charge < -0.3 is 60.5 Å². The number of amides is 2. The highest BCUT2D eigenvalue weighted by Gasteiger charge is 2.55. The van der Waals surface area contributed by atoms with Crippen LogP contribution in [0.4, 0.5) is 0 Å². The van der Waals surface area contributed by atoms with Gasteiger partial charge >= 0.3 is 11.9 Å². The largest absolute Gasteiger partial charge is 0.477 e. The van der Waals surface area contributed by atoms with Crippen molar-refractivity contribution in [1.29, 1.82) is 0 Å². The minimum Gasteiger partial charge on any atom is -0.477 e. The summed E-state index contributed by atoms with van der Waals surface area (Å²) in [7, 11) is 0. The average molecular weight is 787 g/mol. The number of aromatic nitrogens is 3. The number of aliphatic carboxylic acids is 1. The van der Waals surface area contributed by atoms with Crippen molar-refractivity contribution in [3.63, 3.8) is 0 Å². The molecule has 2 amide bonds. The number of unbranched alkanes of at least 4 members (excludes halogenated alkanes) is 3. The molecule has 0 unspecified atom stereocenters. The van der Waals surface area contributed by atoms with E-state index in [1.807, 2.05) is 0 Å². The number of nitrogens with one attached hydrogen (secondary N) is 2. The third-order valence-electron chi connectivity index (χ3n) is 8.24. The van der Waals surface area contributed by atoms with Crippen LogP contribution in [-0.4, -0.2) is 142 Å². The number of carbonyl (C=O) groups excluding carboxylic acids is 3. The molecule has 3 rings (SSSR count). The molecular formula is C34H51ClN6O13. The van der Waals surface area contributed by atoms with E-state index < -0.39 is 79.6 Å². The van der Waals surface area contributed by atoms with E-state index in [1.54, 1.807) is 35.1 Å². The van der Waals surface area contributed by atoms with Crippen LogP contribution in [-0.2, 0) is 62.4 Å². The van der Waals surface area contributed by atoms with E-state index in [0.29, 0.717) is 68.6 Å². The summed E-state index contributed by atoms with van der Waals surface area (Å²) < 4.78 is 28.7. The summed E-state index contributed by atoms with van der Waals surface area (Å²) in [6.45, 7) is 2.41. The molecule has 19 nitrogen and oxygen atoms in total. The Bertz CT molecular complexity index is 1470. The first kappa shape index (κ1) is 44.6. The molecule has 6 atom stereocenters. The number of hydrogen-bond donors (Lipinski definition) is 7. The van der Waals surface area contributed by atoms with E-state index in [1.165, 1.54) is 0 Å². The van der Waals surface area contributed by atoms with Gasteiger partial charge in [0, 0.05) is 38.0 Å². The molecular weight excluding hydrogens is 736 g/mol. The van der Waals surface area contributed by atoms with E-state index in [-0.39, 0.29) is 13.0 Å². The predicted molar refractivity (Wildman–Crippen MR) is 189 cm³/mol. The maximum atomic E-state index is 12.6. The topological polar surface area (TPSA) is 276 Å². The summed E-state index contributed by atoms with van der Waals surface area (Å²) in [5.74, 6) is -6.21. The number of carbonyl (C=O) groups is 4. The van der Waals surface area contributed by atoms with Gasteiger partial charge in [-0.3, -0.25) is 19.1 Å². The van der Waals surface area contributed by atoms with Crippen LogP contribution in [0.3, 0.4) is 0 Å². The van der Waals surface area contributed by atoms with Crippen LogP contribution in [0.1, 0.15) is 50.3 Å². The number of halogens is 1. The lowest BCUT2D eigenvalue weighted by Gasteiger charge is -2.46. The van der Waals surface area contributed by atoms with E-state index in [9.17, 15) is 39.6 Å². The minimum atomic E-state index is -2.46. The van der Waals surface area contributed by atoms with Gasteiger partial charge in [0.1, 0.15) is 17.9 Å². The number of nitrogens with two attached hydrogens (primary N) is 1. The highest BCUT2D eigenvalue weighted by atomic mass is 35.5. The first-order valence-corrected chi connectivity index (χ1v) is 18.0. The summed E-state index contributed by atoms with van der Waals surface area (Å²) in [5, 5.41) is 56.9. The van der Waals surface area contributed by atoms with Crippen molar-refractivity contribution in [3.05, 3.63) is 46.7 Å². The predicted octanol–water partition coefficient (Wildman–Crippen LogP) is -0.940. The first-order chi connectivity index (χ1) is 25.8. The monoisotopic (exact) mass is 786 g/mol. The molecule has 0 saturated carbocycles. The quantitative estimate of drug-likeness (QED) is 0.0473. The molecule has 8 N–H and O–H groups in total. The number of ether oxygens (including phenoxy) is 5. The Morgan fingerprint density at radius 2 is 1.78 bits per heavy atom. The Kier molecular flexibility index (Phi) is 19.2. The van der Waals surface area contributed by atoms with Crippen LogP contribution < -0.4 is 16.4 Å².